The van der Waals surface area contributed by atoms with Gasteiger partial charge in [-0.15, -0.1) is 0 Å². The van der Waals surface area contributed by atoms with E-state index in [9.17, 15) is 38.7 Å². The van der Waals surface area contributed by atoms with Crippen LogP contribution >= 0.6 is 0 Å². The highest BCUT2D eigenvalue weighted by molar-refractivity contribution is 6.19. The highest BCUT2D eigenvalue weighted by Crippen LogP contribution is 2.69. The molecule has 0 aromatic rings. The number of carbonyl (C=O) groups excluding carboxylic acids is 6. The van der Waals surface area contributed by atoms with Gasteiger partial charge >= 0.3 is 11.9 Å². The van der Waals surface area contributed by atoms with Crippen molar-refractivity contribution in [2.45, 2.75) is 100 Å². The predicted octanol–water partition coefficient (Wildman–Crippen LogP) is 4.15. The summed E-state index contributed by atoms with van der Waals surface area (Å²) < 4.78 is 5.75. The van der Waals surface area contributed by atoms with Crippen LogP contribution in [0.4, 0.5) is 0 Å². The molecule has 4 aliphatic carbocycles. The molecule has 2 fully saturated rings. The third kappa shape index (κ3) is 4.13. The number of allylic oxidation sites excluding steroid dienone is 2. The average molecular weight is 569 g/mol. The minimum absolute atomic E-state index is 0.0160. The van der Waals surface area contributed by atoms with Crippen LogP contribution in [-0.2, 0) is 38.3 Å². The van der Waals surface area contributed by atoms with Crippen molar-refractivity contribution < 1.29 is 43.4 Å². The number of rotatable bonds is 6. The first kappa shape index (κ1) is 30.7. The van der Waals surface area contributed by atoms with E-state index in [1.807, 2.05) is 6.92 Å². The summed E-state index contributed by atoms with van der Waals surface area (Å²) >= 11 is 0. The third-order valence-corrected chi connectivity index (χ3v) is 11.0. The van der Waals surface area contributed by atoms with Crippen molar-refractivity contribution in [3.05, 3.63) is 22.3 Å². The van der Waals surface area contributed by atoms with Crippen molar-refractivity contribution >= 4 is 40.9 Å². The number of esters is 1. The summed E-state index contributed by atoms with van der Waals surface area (Å²) in [6.07, 6.45) is -1.32. The van der Waals surface area contributed by atoms with E-state index in [1.54, 1.807) is 34.6 Å². The number of fused-ring (bicyclic) bond motifs is 4. The maximum Gasteiger partial charge on any atom is 0.306 e. The molecule has 9 heteroatoms. The summed E-state index contributed by atoms with van der Waals surface area (Å²) in [6.45, 7) is 13.1. The highest BCUT2D eigenvalue weighted by Gasteiger charge is 2.73. The average Bonchev–Trinajstić information content (AvgIpc) is 3.07. The molecule has 0 saturated heterocycles. The van der Waals surface area contributed by atoms with Crippen LogP contribution in [0.2, 0.25) is 0 Å². The van der Waals surface area contributed by atoms with E-state index in [0.717, 1.165) is 0 Å². The van der Waals surface area contributed by atoms with Gasteiger partial charge < -0.3 is 9.84 Å². The summed E-state index contributed by atoms with van der Waals surface area (Å²) in [5.41, 5.74) is -3.39. The SMILES string of the molecule is CC(=O)OC1C(=O)C2=C(C(=O)CC3C(C)(C)C(=O)CCC23C)C2(C)C(=O)CC(=C(C)CC(=O)CC(C)C(=O)O)C12C. The topological polar surface area (TPSA) is 149 Å². The molecule has 0 amide bonds. The Bertz CT molecular complexity index is 1380. The number of carboxylic acids is 1. The van der Waals surface area contributed by atoms with E-state index >= 15 is 0 Å². The number of ketones is 5. The Morgan fingerprint density at radius 3 is 2.15 bits per heavy atom. The van der Waals surface area contributed by atoms with E-state index in [1.165, 1.54) is 13.8 Å². The highest BCUT2D eigenvalue weighted by atomic mass is 16.5. The second-order valence-corrected chi connectivity index (χ2v) is 13.7. The molecular weight excluding hydrogens is 528 g/mol. The van der Waals surface area contributed by atoms with E-state index in [-0.39, 0.29) is 66.4 Å². The van der Waals surface area contributed by atoms with Crippen molar-refractivity contribution in [3.8, 4) is 0 Å². The zero-order valence-electron chi connectivity index (χ0n) is 25.2. The Hall–Kier alpha value is -3.23. The molecule has 0 aromatic carbocycles. The number of Topliss-reactive ketones (excluding diaryl/α,β-unsaturated/α-hetero) is 5. The number of carboxylic acid groups (broad SMARTS) is 1. The van der Waals surface area contributed by atoms with Gasteiger partial charge in [0.2, 0.25) is 5.78 Å². The molecule has 222 valence electrons. The Balaban J connectivity index is 1.96. The van der Waals surface area contributed by atoms with Gasteiger partial charge in [0.25, 0.3) is 0 Å². The first-order valence-electron chi connectivity index (χ1n) is 14.3. The maximum atomic E-state index is 14.6. The maximum absolute atomic E-state index is 14.6. The number of aliphatic carboxylic acids is 1. The molecular formula is C32H40O9. The van der Waals surface area contributed by atoms with Crippen molar-refractivity contribution in [2.75, 3.05) is 0 Å². The van der Waals surface area contributed by atoms with E-state index < -0.39 is 57.3 Å². The van der Waals surface area contributed by atoms with Gasteiger partial charge in [-0.1, -0.05) is 45.8 Å². The van der Waals surface area contributed by atoms with E-state index in [4.69, 9.17) is 4.74 Å². The molecule has 4 aliphatic rings. The van der Waals surface area contributed by atoms with Gasteiger partial charge in [0.15, 0.2) is 11.9 Å². The zero-order valence-corrected chi connectivity index (χ0v) is 25.2. The minimum Gasteiger partial charge on any atom is -0.481 e. The Morgan fingerprint density at radius 2 is 1.59 bits per heavy atom. The van der Waals surface area contributed by atoms with Gasteiger partial charge in [0.05, 0.1) is 16.7 Å². The lowest BCUT2D eigenvalue weighted by Gasteiger charge is -2.59. The molecule has 2 saturated carbocycles. The number of hydrogen-bond acceptors (Lipinski definition) is 8. The van der Waals surface area contributed by atoms with Crippen molar-refractivity contribution in [1.29, 1.82) is 0 Å². The largest absolute Gasteiger partial charge is 0.481 e. The summed E-state index contributed by atoms with van der Waals surface area (Å²) in [5.74, 6) is -4.67. The number of ether oxygens (including phenoxy) is 1. The van der Waals surface area contributed by atoms with Gasteiger partial charge in [-0.25, -0.2) is 0 Å². The van der Waals surface area contributed by atoms with Crippen molar-refractivity contribution in [3.63, 3.8) is 0 Å². The fourth-order valence-corrected chi connectivity index (χ4v) is 8.45. The predicted molar refractivity (Wildman–Crippen MR) is 146 cm³/mol. The van der Waals surface area contributed by atoms with Gasteiger partial charge in [-0.2, -0.15) is 0 Å². The summed E-state index contributed by atoms with van der Waals surface area (Å²) in [7, 11) is 0. The van der Waals surface area contributed by atoms with E-state index in [0.29, 0.717) is 17.6 Å². The normalized spacial score (nSPS) is 36.3. The fraction of sp³-hybridized carbons (Fsp3) is 0.656. The van der Waals surface area contributed by atoms with Crippen LogP contribution in [-0.4, -0.2) is 52.1 Å². The van der Waals surface area contributed by atoms with Crippen LogP contribution < -0.4 is 0 Å². The van der Waals surface area contributed by atoms with Gasteiger partial charge in [0.1, 0.15) is 17.3 Å². The van der Waals surface area contributed by atoms with Crippen molar-refractivity contribution in [2.24, 2.45) is 33.5 Å². The van der Waals surface area contributed by atoms with Crippen LogP contribution in [0, 0.1) is 33.5 Å². The van der Waals surface area contributed by atoms with Crippen LogP contribution in [0.5, 0.6) is 0 Å². The van der Waals surface area contributed by atoms with Gasteiger partial charge in [0, 0.05) is 61.0 Å². The smallest absolute Gasteiger partial charge is 0.306 e. The Labute approximate surface area is 240 Å². The molecule has 0 radical (unpaired) electrons. The number of hydrogen-bond donors (Lipinski definition) is 1. The summed E-state index contributed by atoms with van der Waals surface area (Å²) in [4.78, 5) is 92.2. The Kier molecular flexibility index (Phi) is 7.24. The molecule has 6 atom stereocenters. The van der Waals surface area contributed by atoms with Crippen LogP contribution in [0.15, 0.2) is 22.3 Å². The van der Waals surface area contributed by atoms with Crippen LogP contribution in [0.25, 0.3) is 0 Å². The van der Waals surface area contributed by atoms with Crippen LogP contribution in [0.3, 0.4) is 0 Å². The first-order valence-corrected chi connectivity index (χ1v) is 14.3. The lowest BCUT2D eigenvalue weighted by Crippen LogP contribution is -2.63. The second-order valence-electron chi connectivity index (χ2n) is 13.7. The summed E-state index contributed by atoms with van der Waals surface area (Å²) in [6, 6.07) is 0. The zero-order chi connectivity index (χ0) is 31.0. The molecule has 0 aliphatic heterocycles. The minimum atomic E-state index is -1.51. The molecule has 0 bridgehead atoms. The Morgan fingerprint density at radius 1 is 0.976 bits per heavy atom. The summed E-state index contributed by atoms with van der Waals surface area (Å²) in [5, 5.41) is 9.22. The van der Waals surface area contributed by atoms with Gasteiger partial charge in [-0.3, -0.25) is 33.6 Å². The standard InChI is InChI=1S/C32H40O9/c1-15(11-18(34)12-16(2)28(39)40)19-13-23(37)32(8)24-20(35)14-21-29(4,5)22(36)9-10-30(21,6)25(24)26(38)27(31(19,32)7)41-17(3)33/h16,21,27H,9-14H2,1-8H3,(H,39,40). The molecule has 41 heavy (non-hydrogen) atoms. The molecule has 4 rings (SSSR count). The lowest BCUT2D eigenvalue weighted by atomic mass is 9.43. The fourth-order valence-electron chi connectivity index (χ4n) is 8.45. The quantitative estimate of drug-likeness (QED) is 0.368. The third-order valence-electron chi connectivity index (χ3n) is 11.0. The first-order chi connectivity index (χ1) is 18.8. The molecule has 0 heterocycles. The second kappa shape index (κ2) is 9.66. The van der Waals surface area contributed by atoms with Crippen molar-refractivity contribution in [1.82, 2.24) is 0 Å². The lowest BCUT2D eigenvalue weighted by molar-refractivity contribution is -0.167. The molecule has 9 nitrogen and oxygen atoms in total. The molecule has 6 unspecified atom stereocenters. The molecule has 0 aromatic heterocycles. The van der Waals surface area contributed by atoms with E-state index in [2.05, 4.69) is 0 Å². The monoisotopic (exact) mass is 568 g/mol. The number of carbonyl (C=O) groups is 7. The van der Waals surface area contributed by atoms with Crippen LogP contribution in [0.1, 0.15) is 93.9 Å². The van der Waals surface area contributed by atoms with Gasteiger partial charge in [-0.05, 0) is 26.2 Å². The molecule has 1 N–H and O–H groups in total. The molecule has 0 spiro atoms.